The van der Waals surface area contributed by atoms with E-state index in [0.29, 0.717) is 0 Å². The molecule has 0 saturated heterocycles. The first-order chi connectivity index (χ1) is 10.0. The average Bonchev–Trinajstić information content (AvgIpc) is 2.44. The molecule has 0 fully saturated rings. The number of nitrogens with one attached hydrogen (secondary N) is 1. The van der Waals surface area contributed by atoms with E-state index in [4.69, 9.17) is 0 Å². The molecular weight excluding hydrogens is 329 g/mol. The van der Waals surface area contributed by atoms with Gasteiger partial charge < -0.3 is 5.32 Å². The van der Waals surface area contributed by atoms with E-state index in [2.05, 4.69) is 53.3 Å². The van der Waals surface area contributed by atoms with Crippen molar-refractivity contribution in [2.75, 3.05) is 6.54 Å². The van der Waals surface area contributed by atoms with Crippen molar-refractivity contribution < 1.29 is 4.39 Å². The summed E-state index contributed by atoms with van der Waals surface area (Å²) in [4.78, 5) is 0. The third kappa shape index (κ3) is 3.92. The molecule has 21 heavy (non-hydrogen) atoms. The minimum atomic E-state index is -0.171. The number of likely N-dealkylation sites (N-methyl/N-ethyl adjacent to an activating group) is 1. The summed E-state index contributed by atoms with van der Waals surface area (Å²) in [6.45, 7) is 7.10. The highest BCUT2D eigenvalue weighted by Crippen LogP contribution is 2.27. The van der Waals surface area contributed by atoms with Gasteiger partial charge in [0.25, 0.3) is 0 Å². The highest BCUT2D eigenvalue weighted by Gasteiger charge is 2.15. The quantitative estimate of drug-likeness (QED) is 0.791. The third-order valence-corrected chi connectivity index (χ3v) is 4.72. The maximum absolute atomic E-state index is 13.3. The Morgan fingerprint density at radius 2 is 1.95 bits per heavy atom. The largest absolute Gasteiger partial charge is 0.310 e. The van der Waals surface area contributed by atoms with Crippen molar-refractivity contribution in [3.05, 3.63) is 68.9 Å². The normalized spacial score (nSPS) is 12.4. The molecular formula is C18H21BrFN. The van der Waals surface area contributed by atoms with E-state index in [1.54, 1.807) is 12.1 Å². The van der Waals surface area contributed by atoms with Gasteiger partial charge in [-0.1, -0.05) is 41.1 Å². The molecule has 1 nitrogen and oxygen atoms in total. The molecule has 3 heteroatoms. The van der Waals surface area contributed by atoms with Crippen molar-refractivity contribution in [3.8, 4) is 0 Å². The Hall–Kier alpha value is -1.19. The lowest BCUT2D eigenvalue weighted by molar-refractivity contribution is 0.544. The van der Waals surface area contributed by atoms with Crippen molar-refractivity contribution in [3.63, 3.8) is 0 Å². The van der Waals surface area contributed by atoms with Gasteiger partial charge in [0.05, 0.1) is 0 Å². The van der Waals surface area contributed by atoms with Crippen LogP contribution in [0.1, 0.15) is 35.2 Å². The van der Waals surface area contributed by atoms with E-state index in [1.807, 2.05) is 13.0 Å². The van der Waals surface area contributed by atoms with Crippen LogP contribution in [0.5, 0.6) is 0 Å². The van der Waals surface area contributed by atoms with Gasteiger partial charge in [-0.2, -0.15) is 0 Å². The molecule has 0 spiro atoms. The Balaban J connectivity index is 2.33. The van der Waals surface area contributed by atoms with E-state index >= 15 is 0 Å². The Morgan fingerprint density at radius 1 is 1.19 bits per heavy atom. The number of hydrogen-bond acceptors (Lipinski definition) is 1. The number of rotatable bonds is 5. The molecule has 2 rings (SSSR count). The minimum absolute atomic E-state index is 0.171. The van der Waals surface area contributed by atoms with Crippen LogP contribution in [-0.4, -0.2) is 6.54 Å². The smallest absolute Gasteiger partial charge is 0.123 e. The summed E-state index contributed by atoms with van der Waals surface area (Å²) >= 11 is 3.60. The monoisotopic (exact) mass is 349 g/mol. The van der Waals surface area contributed by atoms with Crippen LogP contribution >= 0.6 is 15.9 Å². The SMILES string of the molecule is CCNC(Cc1ccc(F)cc1C)c1cccc(Br)c1C. The molecule has 0 amide bonds. The van der Waals surface area contributed by atoms with Crippen LogP contribution in [0.2, 0.25) is 0 Å². The van der Waals surface area contributed by atoms with Gasteiger partial charge >= 0.3 is 0 Å². The molecule has 0 aliphatic carbocycles. The highest BCUT2D eigenvalue weighted by molar-refractivity contribution is 9.10. The zero-order chi connectivity index (χ0) is 15.4. The van der Waals surface area contributed by atoms with Gasteiger partial charge in [0.1, 0.15) is 5.82 Å². The molecule has 0 heterocycles. The van der Waals surface area contributed by atoms with E-state index in [0.717, 1.165) is 23.0 Å². The van der Waals surface area contributed by atoms with Crippen molar-refractivity contribution in [2.24, 2.45) is 0 Å². The maximum atomic E-state index is 13.3. The maximum Gasteiger partial charge on any atom is 0.123 e. The van der Waals surface area contributed by atoms with Gasteiger partial charge in [0.15, 0.2) is 0 Å². The third-order valence-electron chi connectivity index (χ3n) is 3.86. The van der Waals surface area contributed by atoms with E-state index in [-0.39, 0.29) is 11.9 Å². The second kappa shape index (κ2) is 7.19. The summed E-state index contributed by atoms with van der Waals surface area (Å²) in [5.74, 6) is -0.171. The Bertz CT molecular complexity index is 625. The molecule has 2 aromatic carbocycles. The fourth-order valence-corrected chi connectivity index (χ4v) is 3.03. The molecule has 0 bridgehead atoms. The zero-order valence-electron chi connectivity index (χ0n) is 12.7. The van der Waals surface area contributed by atoms with Gasteiger partial charge in [-0.3, -0.25) is 0 Å². The predicted molar refractivity (Wildman–Crippen MR) is 90.1 cm³/mol. The first-order valence-electron chi connectivity index (χ1n) is 7.26. The van der Waals surface area contributed by atoms with Gasteiger partial charge in [-0.15, -0.1) is 0 Å². The Morgan fingerprint density at radius 3 is 2.62 bits per heavy atom. The standard InChI is InChI=1S/C18H21BrFN/c1-4-21-18(16-6-5-7-17(19)13(16)3)11-14-8-9-15(20)10-12(14)2/h5-10,18,21H,4,11H2,1-3H3. The summed E-state index contributed by atoms with van der Waals surface area (Å²) < 4.78 is 14.4. The van der Waals surface area contributed by atoms with Crippen LogP contribution in [0, 0.1) is 19.7 Å². The second-order valence-corrected chi connectivity index (χ2v) is 6.19. The molecule has 1 unspecified atom stereocenters. The average molecular weight is 350 g/mol. The molecule has 2 aromatic rings. The summed E-state index contributed by atoms with van der Waals surface area (Å²) in [6.07, 6.45) is 0.858. The van der Waals surface area contributed by atoms with Crippen LogP contribution in [-0.2, 0) is 6.42 Å². The number of hydrogen-bond donors (Lipinski definition) is 1. The van der Waals surface area contributed by atoms with Crippen LogP contribution in [0.25, 0.3) is 0 Å². The lowest BCUT2D eigenvalue weighted by Crippen LogP contribution is -2.24. The molecule has 0 aliphatic heterocycles. The molecule has 0 saturated carbocycles. The summed E-state index contributed by atoms with van der Waals surface area (Å²) in [7, 11) is 0. The van der Waals surface area contributed by atoms with Crippen molar-refractivity contribution >= 4 is 15.9 Å². The molecule has 0 aromatic heterocycles. The Labute approximate surface area is 134 Å². The van der Waals surface area contributed by atoms with E-state index in [9.17, 15) is 4.39 Å². The fraction of sp³-hybridized carbons (Fsp3) is 0.333. The van der Waals surface area contributed by atoms with Crippen molar-refractivity contribution in [1.82, 2.24) is 5.32 Å². The molecule has 1 atom stereocenters. The highest BCUT2D eigenvalue weighted by atomic mass is 79.9. The lowest BCUT2D eigenvalue weighted by Gasteiger charge is -2.22. The van der Waals surface area contributed by atoms with Crippen LogP contribution < -0.4 is 5.32 Å². The fourth-order valence-electron chi connectivity index (χ4n) is 2.65. The minimum Gasteiger partial charge on any atom is -0.310 e. The first-order valence-corrected chi connectivity index (χ1v) is 8.05. The van der Waals surface area contributed by atoms with Gasteiger partial charge in [-0.05, 0) is 67.3 Å². The Kier molecular flexibility index (Phi) is 5.54. The number of aryl methyl sites for hydroxylation is 1. The number of benzene rings is 2. The summed E-state index contributed by atoms with van der Waals surface area (Å²) in [6, 6.07) is 11.6. The van der Waals surface area contributed by atoms with Crippen LogP contribution in [0.4, 0.5) is 4.39 Å². The summed E-state index contributed by atoms with van der Waals surface area (Å²) in [5.41, 5.74) is 4.73. The molecule has 112 valence electrons. The summed E-state index contributed by atoms with van der Waals surface area (Å²) in [5, 5.41) is 3.54. The van der Waals surface area contributed by atoms with Gasteiger partial charge in [-0.25, -0.2) is 4.39 Å². The van der Waals surface area contributed by atoms with Crippen LogP contribution in [0.3, 0.4) is 0 Å². The van der Waals surface area contributed by atoms with E-state index in [1.165, 1.54) is 16.7 Å². The van der Waals surface area contributed by atoms with E-state index < -0.39 is 0 Å². The second-order valence-electron chi connectivity index (χ2n) is 5.34. The predicted octanol–water partition coefficient (Wildman–Crippen LogP) is 5.10. The topological polar surface area (TPSA) is 12.0 Å². The van der Waals surface area contributed by atoms with Crippen molar-refractivity contribution in [1.29, 1.82) is 0 Å². The van der Waals surface area contributed by atoms with Gasteiger partial charge in [0.2, 0.25) is 0 Å². The van der Waals surface area contributed by atoms with Gasteiger partial charge in [0, 0.05) is 10.5 Å². The molecule has 0 aliphatic rings. The number of halogens is 2. The lowest BCUT2D eigenvalue weighted by atomic mass is 9.93. The first kappa shape index (κ1) is 16.2. The molecule has 1 N–H and O–H groups in total. The molecule has 0 radical (unpaired) electrons. The zero-order valence-corrected chi connectivity index (χ0v) is 14.3. The van der Waals surface area contributed by atoms with Crippen LogP contribution in [0.15, 0.2) is 40.9 Å². The van der Waals surface area contributed by atoms with Crippen molar-refractivity contribution in [2.45, 2.75) is 33.2 Å².